The van der Waals surface area contributed by atoms with Crippen molar-refractivity contribution >= 4 is 29.3 Å². The van der Waals surface area contributed by atoms with Gasteiger partial charge < -0.3 is 19.9 Å². The third kappa shape index (κ3) is 7.47. The van der Waals surface area contributed by atoms with Crippen LogP contribution in [-0.2, 0) is 0 Å². The Hall–Kier alpha value is -0.950. The van der Waals surface area contributed by atoms with E-state index in [2.05, 4.69) is 23.4 Å². The second kappa shape index (κ2) is 11.9. The van der Waals surface area contributed by atoms with Gasteiger partial charge in [0, 0.05) is 37.8 Å². The van der Waals surface area contributed by atoms with Crippen molar-refractivity contribution in [2.45, 2.75) is 38.3 Å². The Kier molecular flexibility index (Phi) is 9.92. The van der Waals surface area contributed by atoms with E-state index in [-0.39, 0.29) is 12.0 Å². The molecule has 0 spiro atoms. The molecule has 1 atom stereocenters. The molecule has 1 aliphatic heterocycles. The fourth-order valence-corrected chi connectivity index (χ4v) is 4.12. The number of hydrogen-bond donors (Lipinski definition) is 1. The van der Waals surface area contributed by atoms with Gasteiger partial charge in [-0.3, -0.25) is 4.79 Å². The Bertz CT molecular complexity index is 622. The van der Waals surface area contributed by atoms with E-state index in [9.17, 15) is 4.79 Å². The monoisotopic (exact) mass is 427 g/mol. The van der Waals surface area contributed by atoms with Crippen molar-refractivity contribution in [3.63, 3.8) is 0 Å². The van der Waals surface area contributed by atoms with Gasteiger partial charge in [-0.25, -0.2) is 0 Å². The molecule has 0 unspecified atom stereocenters. The molecule has 1 aromatic carbocycles. The van der Waals surface area contributed by atoms with Gasteiger partial charge in [0.2, 0.25) is 0 Å². The summed E-state index contributed by atoms with van der Waals surface area (Å²) in [7, 11) is 3.95. The summed E-state index contributed by atoms with van der Waals surface area (Å²) in [6.45, 7) is 5.84. The molecule has 158 valence electrons. The molecule has 28 heavy (non-hydrogen) atoms. The first kappa shape index (κ1) is 23.3. The second-order valence-corrected chi connectivity index (χ2v) is 9.08. The number of nitrogens with zero attached hydrogens (tertiary/aromatic N) is 2. The van der Waals surface area contributed by atoms with Gasteiger partial charge in [-0.2, -0.15) is 11.8 Å². The lowest BCUT2D eigenvalue weighted by Crippen LogP contribution is -2.43. The molecule has 1 aliphatic rings. The summed E-state index contributed by atoms with van der Waals surface area (Å²) in [5, 5.41) is 3.40. The van der Waals surface area contributed by atoms with E-state index in [1.165, 1.54) is 12.2 Å². The van der Waals surface area contributed by atoms with Crippen LogP contribution in [0, 0.1) is 0 Å². The van der Waals surface area contributed by atoms with Crippen LogP contribution >= 0.6 is 23.4 Å². The number of halogens is 1. The van der Waals surface area contributed by atoms with Gasteiger partial charge >= 0.3 is 0 Å². The molecular weight excluding hydrogens is 394 g/mol. The van der Waals surface area contributed by atoms with E-state index in [4.69, 9.17) is 16.3 Å². The van der Waals surface area contributed by atoms with Crippen LogP contribution in [-0.4, -0.2) is 80.1 Å². The minimum absolute atomic E-state index is 0.108. The maximum Gasteiger partial charge on any atom is 0.251 e. The summed E-state index contributed by atoms with van der Waals surface area (Å²) in [6.07, 6.45) is 5.59. The van der Waals surface area contributed by atoms with E-state index in [0.717, 1.165) is 32.5 Å². The molecule has 0 saturated carbocycles. The molecule has 0 aromatic heterocycles. The molecule has 1 saturated heterocycles. The molecular formula is C21H34ClN3O2S. The maximum atomic E-state index is 12.2. The highest BCUT2D eigenvalue weighted by Crippen LogP contribution is 2.29. The lowest BCUT2D eigenvalue weighted by atomic mass is 10.0. The first-order valence-corrected chi connectivity index (χ1v) is 11.8. The van der Waals surface area contributed by atoms with Gasteiger partial charge in [-0.05, 0) is 70.5 Å². The average Bonchev–Trinajstić information content (AvgIpc) is 2.67. The molecule has 7 heteroatoms. The molecule has 0 radical (unpaired) electrons. The van der Waals surface area contributed by atoms with Crippen LogP contribution in [0.5, 0.6) is 5.75 Å². The second-order valence-electron chi connectivity index (χ2n) is 7.69. The van der Waals surface area contributed by atoms with Crippen LogP contribution in [0.2, 0.25) is 5.02 Å². The minimum atomic E-state index is -0.108. The van der Waals surface area contributed by atoms with E-state index in [0.29, 0.717) is 28.9 Å². The molecule has 2 rings (SSSR count). The minimum Gasteiger partial charge on any atom is -0.489 e. The van der Waals surface area contributed by atoms with E-state index in [1.807, 2.05) is 36.8 Å². The summed E-state index contributed by atoms with van der Waals surface area (Å²) in [5.41, 5.74) is 0.563. The summed E-state index contributed by atoms with van der Waals surface area (Å²) >= 11 is 8.30. The van der Waals surface area contributed by atoms with Crippen molar-refractivity contribution in [2.75, 3.05) is 52.3 Å². The number of carbonyl (C=O) groups is 1. The maximum absolute atomic E-state index is 12.2. The molecule has 0 bridgehead atoms. The number of likely N-dealkylation sites (tertiary alicyclic amines) is 1. The summed E-state index contributed by atoms with van der Waals surface area (Å²) in [5.74, 6) is 1.77. The Labute approximate surface area is 179 Å². The fraction of sp³-hybridized carbons (Fsp3) is 0.667. The number of thioether (sulfide) groups is 1. The number of carbonyl (C=O) groups excluding carboxylic acids is 1. The molecule has 1 heterocycles. The van der Waals surface area contributed by atoms with E-state index < -0.39 is 0 Å². The summed E-state index contributed by atoms with van der Waals surface area (Å²) < 4.78 is 6.14. The highest BCUT2D eigenvalue weighted by molar-refractivity contribution is 7.98. The first-order valence-electron chi connectivity index (χ1n) is 10.0. The zero-order valence-electron chi connectivity index (χ0n) is 17.5. The molecule has 1 amide bonds. The number of rotatable bonds is 10. The Balaban J connectivity index is 1.82. The lowest BCUT2D eigenvalue weighted by molar-refractivity contribution is 0.0791. The average molecular weight is 428 g/mol. The Morgan fingerprint density at radius 2 is 2.11 bits per heavy atom. The molecule has 0 aliphatic carbocycles. The quantitative estimate of drug-likeness (QED) is 0.617. The highest BCUT2D eigenvalue weighted by atomic mass is 35.5. The SMILES string of the molecule is CSCC[C@@H](C)N1CCC(Oc2ccc(C(=O)NCCN(C)C)cc2Cl)CC1. The Morgan fingerprint density at radius 1 is 1.39 bits per heavy atom. The predicted molar refractivity (Wildman–Crippen MR) is 120 cm³/mol. The van der Waals surface area contributed by atoms with E-state index >= 15 is 0 Å². The van der Waals surface area contributed by atoms with Gasteiger partial charge in [0.25, 0.3) is 5.91 Å². The highest BCUT2D eigenvalue weighted by Gasteiger charge is 2.24. The number of likely N-dealkylation sites (N-methyl/N-ethyl adjacent to an activating group) is 1. The number of ether oxygens (including phenoxy) is 1. The van der Waals surface area contributed by atoms with Crippen LogP contribution in [0.25, 0.3) is 0 Å². The lowest BCUT2D eigenvalue weighted by Gasteiger charge is -2.36. The molecule has 1 aromatic rings. The Morgan fingerprint density at radius 3 is 2.71 bits per heavy atom. The van der Waals surface area contributed by atoms with Crippen molar-refractivity contribution in [3.05, 3.63) is 28.8 Å². The number of benzene rings is 1. The van der Waals surface area contributed by atoms with Crippen LogP contribution in [0.4, 0.5) is 0 Å². The summed E-state index contributed by atoms with van der Waals surface area (Å²) in [6, 6.07) is 5.92. The van der Waals surface area contributed by atoms with Gasteiger partial charge in [0.1, 0.15) is 11.9 Å². The van der Waals surface area contributed by atoms with Gasteiger partial charge in [-0.15, -0.1) is 0 Å². The van der Waals surface area contributed by atoms with Crippen molar-refractivity contribution in [3.8, 4) is 5.75 Å². The van der Waals surface area contributed by atoms with Crippen molar-refractivity contribution in [2.24, 2.45) is 0 Å². The third-order valence-corrected chi connectivity index (χ3v) is 6.11. The zero-order valence-corrected chi connectivity index (χ0v) is 19.1. The predicted octanol–water partition coefficient (Wildman–Crippen LogP) is 3.62. The van der Waals surface area contributed by atoms with Crippen LogP contribution in [0.1, 0.15) is 36.5 Å². The molecule has 1 fully saturated rings. The molecule has 5 nitrogen and oxygen atoms in total. The van der Waals surface area contributed by atoms with Crippen molar-refractivity contribution in [1.82, 2.24) is 15.1 Å². The number of nitrogens with one attached hydrogen (secondary N) is 1. The standard InChI is InChI=1S/C21H34ClN3O2S/c1-16(9-14-28-4)25-11-7-18(8-12-25)27-20-6-5-17(15-19(20)22)21(26)23-10-13-24(2)3/h5-6,15-16,18H,7-14H2,1-4H3,(H,23,26)/t16-/m1/s1. The van der Waals surface area contributed by atoms with Crippen LogP contribution in [0.3, 0.4) is 0 Å². The topological polar surface area (TPSA) is 44.8 Å². The fourth-order valence-electron chi connectivity index (χ4n) is 3.32. The van der Waals surface area contributed by atoms with Gasteiger partial charge in [-0.1, -0.05) is 11.6 Å². The molecule has 1 N–H and O–H groups in total. The smallest absolute Gasteiger partial charge is 0.251 e. The van der Waals surface area contributed by atoms with Gasteiger partial charge in [0.05, 0.1) is 5.02 Å². The number of amides is 1. The zero-order chi connectivity index (χ0) is 20.5. The van der Waals surface area contributed by atoms with Gasteiger partial charge in [0.15, 0.2) is 0 Å². The van der Waals surface area contributed by atoms with Crippen LogP contribution < -0.4 is 10.1 Å². The number of hydrogen-bond acceptors (Lipinski definition) is 5. The van der Waals surface area contributed by atoms with E-state index in [1.54, 1.807) is 12.1 Å². The van der Waals surface area contributed by atoms with Crippen LogP contribution in [0.15, 0.2) is 18.2 Å². The third-order valence-electron chi connectivity index (χ3n) is 5.17. The first-order chi connectivity index (χ1) is 13.4. The van der Waals surface area contributed by atoms with Crippen molar-refractivity contribution in [1.29, 1.82) is 0 Å². The normalized spacial score (nSPS) is 16.9. The van der Waals surface area contributed by atoms with Crippen molar-refractivity contribution < 1.29 is 9.53 Å². The summed E-state index contributed by atoms with van der Waals surface area (Å²) in [4.78, 5) is 16.8. The number of piperidine rings is 1. The largest absolute Gasteiger partial charge is 0.489 e.